The molecule has 46 valence electrons. The Hall–Kier alpha value is 0.492. The summed E-state index contributed by atoms with van der Waals surface area (Å²) < 4.78 is 5.15. The molecule has 0 amide bonds. The number of hydrogen-bond acceptors (Lipinski definition) is 1. The van der Waals surface area contributed by atoms with E-state index in [-0.39, 0.29) is 5.60 Å². The first-order chi connectivity index (χ1) is 3.68. The van der Waals surface area contributed by atoms with Crippen LogP contribution >= 0.6 is 0 Å². The number of hydrogen-bond donors (Lipinski definition) is 0. The van der Waals surface area contributed by atoms with E-state index in [4.69, 9.17) is 3.79 Å². The standard InChI is InChI=1S/C6H13O.Al/c1-4-6(3,7)5-2;/h4-5H2,1-3H3;/q-1;+1. The first kappa shape index (κ1) is 8.49. The average Bonchev–Trinajstić information content (AvgIpc) is 1.87. The molecule has 0 spiro atoms. The molecule has 0 aromatic carbocycles. The third-order valence-corrected chi connectivity index (χ3v) is 2.35. The normalized spacial score (nSPS) is 11.9. The monoisotopic (exact) mass is 128 g/mol. The Morgan fingerprint density at radius 3 is 1.75 bits per heavy atom. The van der Waals surface area contributed by atoms with Crippen molar-refractivity contribution in [2.45, 2.75) is 39.2 Å². The summed E-state index contributed by atoms with van der Waals surface area (Å²) in [6.45, 7) is 6.38. The van der Waals surface area contributed by atoms with E-state index >= 15 is 0 Å². The van der Waals surface area contributed by atoms with Gasteiger partial charge >= 0.3 is 16.6 Å². The van der Waals surface area contributed by atoms with Crippen LogP contribution in [0.25, 0.3) is 0 Å². The zero-order chi connectivity index (χ0) is 6.62. The zero-order valence-corrected chi connectivity index (χ0v) is 7.05. The Morgan fingerprint density at radius 2 is 1.75 bits per heavy atom. The molecule has 0 saturated carbocycles. The zero-order valence-electron chi connectivity index (χ0n) is 5.90. The second kappa shape index (κ2) is 3.50. The second-order valence-corrected chi connectivity index (χ2v) is 2.51. The molecule has 0 fully saturated rings. The summed E-state index contributed by atoms with van der Waals surface area (Å²) in [5, 5.41) is 0. The maximum Gasteiger partial charge on any atom is 0.369 e. The van der Waals surface area contributed by atoms with Crippen LogP contribution in [0.1, 0.15) is 33.6 Å². The second-order valence-electron chi connectivity index (χ2n) is 2.27. The van der Waals surface area contributed by atoms with Gasteiger partial charge in [0.1, 0.15) is 0 Å². The lowest BCUT2D eigenvalue weighted by Crippen LogP contribution is -2.25. The molecule has 0 aliphatic carbocycles. The highest BCUT2D eigenvalue weighted by atomic mass is 27.1. The van der Waals surface area contributed by atoms with E-state index in [0.29, 0.717) is 0 Å². The van der Waals surface area contributed by atoms with Gasteiger partial charge in [-0.25, -0.2) is 0 Å². The van der Waals surface area contributed by atoms with Gasteiger partial charge in [-0.05, 0) is 19.8 Å². The van der Waals surface area contributed by atoms with Crippen molar-refractivity contribution in [3.63, 3.8) is 0 Å². The van der Waals surface area contributed by atoms with Crippen molar-refractivity contribution in [1.82, 2.24) is 0 Å². The van der Waals surface area contributed by atoms with E-state index in [1.807, 2.05) is 0 Å². The quantitative estimate of drug-likeness (QED) is 0.525. The molecule has 0 heterocycles. The Balaban J connectivity index is 3.58. The fourth-order valence-electron chi connectivity index (χ4n) is 0.417. The maximum absolute atomic E-state index is 5.15. The van der Waals surface area contributed by atoms with Crippen LogP contribution in [0.4, 0.5) is 0 Å². The Morgan fingerprint density at radius 1 is 1.38 bits per heavy atom. The molecule has 0 aromatic heterocycles. The lowest BCUT2D eigenvalue weighted by Gasteiger charge is -2.26. The van der Waals surface area contributed by atoms with E-state index in [1.165, 1.54) is 0 Å². The Kier molecular flexibility index (Phi) is 3.72. The summed E-state index contributed by atoms with van der Waals surface area (Å²) in [5.74, 6) is 0. The van der Waals surface area contributed by atoms with Crippen molar-refractivity contribution >= 4 is 16.6 Å². The van der Waals surface area contributed by atoms with Crippen molar-refractivity contribution in [1.29, 1.82) is 0 Å². The summed E-state index contributed by atoms with van der Waals surface area (Å²) in [5.41, 5.74) is 0.0880. The molecular formula is C6H13AlO. The van der Waals surface area contributed by atoms with Gasteiger partial charge in [0.15, 0.2) is 0 Å². The van der Waals surface area contributed by atoms with Crippen molar-refractivity contribution in [2.24, 2.45) is 0 Å². The van der Waals surface area contributed by atoms with Gasteiger partial charge in [-0.2, -0.15) is 0 Å². The molecule has 0 aliphatic heterocycles. The molecule has 0 N–H and O–H groups in total. The van der Waals surface area contributed by atoms with E-state index in [9.17, 15) is 0 Å². The topological polar surface area (TPSA) is 9.23 Å². The van der Waals surface area contributed by atoms with Gasteiger partial charge in [0.25, 0.3) is 0 Å². The van der Waals surface area contributed by atoms with Crippen LogP contribution in [0.3, 0.4) is 0 Å². The molecule has 0 unspecified atom stereocenters. The molecule has 0 rings (SSSR count). The summed E-state index contributed by atoms with van der Waals surface area (Å²) in [6.07, 6.45) is 2.15. The molecule has 2 heteroatoms. The minimum absolute atomic E-state index is 0.0880. The third-order valence-electron chi connectivity index (χ3n) is 1.78. The van der Waals surface area contributed by atoms with Gasteiger partial charge in [-0.15, -0.1) is 0 Å². The van der Waals surface area contributed by atoms with Gasteiger partial charge in [0.2, 0.25) is 0 Å². The third kappa shape index (κ3) is 2.17. The minimum atomic E-state index is 0.0880. The van der Waals surface area contributed by atoms with Crippen LogP contribution in [-0.2, 0) is 3.79 Å². The fraction of sp³-hybridized carbons (Fsp3) is 1.00. The molecular weight excluding hydrogens is 115 g/mol. The van der Waals surface area contributed by atoms with Crippen molar-refractivity contribution in [3.05, 3.63) is 0 Å². The molecule has 0 atom stereocenters. The first-order valence-electron chi connectivity index (χ1n) is 3.06. The van der Waals surface area contributed by atoms with Gasteiger partial charge in [-0.1, -0.05) is 13.8 Å². The summed E-state index contributed by atoms with van der Waals surface area (Å²) in [7, 11) is 0. The minimum Gasteiger partial charge on any atom is -0.512 e. The lowest BCUT2D eigenvalue weighted by molar-refractivity contribution is 0.0924. The van der Waals surface area contributed by atoms with E-state index < -0.39 is 0 Å². The molecule has 1 nitrogen and oxygen atoms in total. The molecule has 2 radical (unpaired) electrons. The molecule has 0 bridgehead atoms. The Labute approximate surface area is 60.2 Å². The average molecular weight is 128 g/mol. The summed E-state index contributed by atoms with van der Waals surface area (Å²) in [6, 6.07) is 0. The summed E-state index contributed by atoms with van der Waals surface area (Å²) in [4.78, 5) is 0. The van der Waals surface area contributed by atoms with E-state index in [1.54, 1.807) is 0 Å². The highest BCUT2D eigenvalue weighted by Crippen LogP contribution is 2.16. The molecule has 0 saturated heterocycles. The van der Waals surface area contributed by atoms with E-state index in [0.717, 1.165) is 12.8 Å². The predicted molar refractivity (Wildman–Crippen MR) is 35.8 cm³/mol. The molecule has 8 heavy (non-hydrogen) atoms. The summed E-state index contributed by atoms with van der Waals surface area (Å²) >= 11 is 2.31. The number of rotatable bonds is 3. The van der Waals surface area contributed by atoms with Gasteiger partial charge < -0.3 is 3.79 Å². The van der Waals surface area contributed by atoms with Crippen molar-refractivity contribution in [2.75, 3.05) is 0 Å². The van der Waals surface area contributed by atoms with Crippen LogP contribution in [0.2, 0.25) is 0 Å². The molecule has 0 aromatic rings. The molecule has 0 aliphatic rings. The van der Waals surface area contributed by atoms with Crippen LogP contribution < -0.4 is 0 Å². The van der Waals surface area contributed by atoms with Crippen LogP contribution in [-0.4, -0.2) is 22.2 Å². The smallest absolute Gasteiger partial charge is 0.369 e. The van der Waals surface area contributed by atoms with Crippen LogP contribution in [0, 0.1) is 0 Å². The van der Waals surface area contributed by atoms with Gasteiger partial charge in [0.05, 0.1) is 0 Å². The largest absolute Gasteiger partial charge is 0.512 e. The van der Waals surface area contributed by atoms with Crippen molar-refractivity contribution < 1.29 is 3.79 Å². The highest BCUT2D eigenvalue weighted by Gasteiger charge is 2.14. The van der Waals surface area contributed by atoms with Gasteiger partial charge in [-0.3, -0.25) is 0 Å². The predicted octanol–water partition coefficient (Wildman–Crippen LogP) is 1.67. The van der Waals surface area contributed by atoms with Crippen molar-refractivity contribution in [3.8, 4) is 0 Å². The lowest BCUT2D eigenvalue weighted by atomic mass is 10.0. The Bertz CT molecular complexity index is 51.3. The fourth-order valence-corrected chi connectivity index (χ4v) is 0.750. The van der Waals surface area contributed by atoms with Crippen LogP contribution in [0.15, 0.2) is 0 Å². The first-order valence-corrected chi connectivity index (χ1v) is 3.53. The highest BCUT2D eigenvalue weighted by molar-refractivity contribution is 5.98. The van der Waals surface area contributed by atoms with E-state index in [2.05, 4.69) is 37.4 Å². The van der Waals surface area contributed by atoms with Crippen LogP contribution in [0.5, 0.6) is 0 Å². The van der Waals surface area contributed by atoms with Gasteiger partial charge in [0, 0.05) is 5.60 Å². The maximum atomic E-state index is 5.15. The SMILES string of the molecule is CCC(C)(CC)[O][Al].